The summed E-state index contributed by atoms with van der Waals surface area (Å²) in [5.74, 6) is -0.810. The van der Waals surface area contributed by atoms with Crippen LogP contribution in [0.25, 0.3) is 0 Å². The summed E-state index contributed by atoms with van der Waals surface area (Å²) in [6.45, 7) is 1.24. The number of hydrogen-bond acceptors (Lipinski definition) is 1. The zero-order valence-corrected chi connectivity index (χ0v) is 8.62. The monoisotopic (exact) mass is 258 g/mol. The number of ether oxygens (including phenoxy) is 1. The van der Waals surface area contributed by atoms with Crippen molar-refractivity contribution in [3.05, 3.63) is 29.3 Å². The summed E-state index contributed by atoms with van der Waals surface area (Å²) in [6.07, 6.45) is -9.44. The van der Waals surface area contributed by atoms with Crippen LogP contribution in [0.1, 0.15) is 18.1 Å². The molecule has 0 spiro atoms. The average Bonchev–Trinajstić information content (AvgIpc) is 2.15. The maximum atomic E-state index is 12.4. The second-order valence-electron chi connectivity index (χ2n) is 3.14. The Labute approximate surface area is 93.0 Å². The molecule has 7 heteroatoms. The van der Waals surface area contributed by atoms with Gasteiger partial charge in [-0.25, -0.2) is 0 Å². The Morgan fingerprint density at radius 2 is 1.59 bits per heavy atom. The molecule has 0 heterocycles. The lowest BCUT2D eigenvalue weighted by atomic mass is 10.1. The first-order chi connectivity index (χ1) is 7.66. The van der Waals surface area contributed by atoms with E-state index < -0.39 is 29.2 Å². The fourth-order valence-corrected chi connectivity index (χ4v) is 1.21. The van der Waals surface area contributed by atoms with Crippen molar-refractivity contribution >= 4 is 0 Å². The van der Waals surface area contributed by atoms with Crippen LogP contribution in [0, 0.1) is 0 Å². The van der Waals surface area contributed by atoms with Crippen LogP contribution >= 0.6 is 0 Å². The molecule has 0 amide bonds. The van der Waals surface area contributed by atoms with Crippen molar-refractivity contribution < 1.29 is 31.1 Å². The highest BCUT2D eigenvalue weighted by molar-refractivity contribution is 5.40. The van der Waals surface area contributed by atoms with Crippen LogP contribution in [0.4, 0.5) is 26.3 Å². The second kappa shape index (κ2) is 4.46. The van der Waals surface area contributed by atoms with Gasteiger partial charge in [0, 0.05) is 0 Å². The molecule has 1 nitrogen and oxygen atoms in total. The molecule has 0 unspecified atom stereocenters. The van der Waals surface area contributed by atoms with Gasteiger partial charge in [-0.3, -0.25) is 0 Å². The molecule has 0 saturated heterocycles. The predicted molar refractivity (Wildman–Crippen MR) is 47.6 cm³/mol. The predicted octanol–water partition coefficient (Wildman–Crippen LogP) is 4.12. The Hall–Kier alpha value is -1.40. The molecule has 0 aliphatic heterocycles. The Balaban J connectivity index is 3.27. The highest BCUT2D eigenvalue weighted by atomic mass is 19.4. The van der Waals surface area contributed by atoms with Crippen molar-refractivity contribution in [2.45, 2.75) is 19.3 Å². The third-order valence-electron chi connectivity index (χ3n) is 1.91. The van der Waals surface area contributed by atoms with Gasteiger partial charge in [-0.05, 0) is 25.1 Å². The standard InChI is InChI=1S/C10H8F6O/c1-2-17-8-5-6(9(11,12)13)3-4-7(8)10(14,15)16/h3-5H,2H2,1H3. The van der Waals surface area contributed by atoms with Crippen molar-refractivity contribution in [2.24, 2.45) is 0 Å². The molecule has 0 bridgehead atoms. The largest absolute Gasteiger partial charge is 0.493 e. The van der Waals surface area contributed by atoms with Gasteiger partial charge in [0.05, 0.1) is 17.7 Å². The van der Waals surface area contributed by atoms with E-state index in [9.17, 15) is 26.3 Å². The molecule has 0 N–H and O–H groups in total. The molecule has 17 heavy (non-hydrogen) atoms. The molecular formula is C10H8F6O. The Morgan fingerprint density at radius 1 is 1.00 bits per heavy atom. The fraction of sp³-hybridized carbons (Fsp3) is 0.400. The van der Waals surface area contributed by atoms with Crippen LogP contribution < -0.4 is 4.74 Å². The van der Waals surface area contributed by atoms with Crippen LogP contribution in [0.15, 0.2) is 18.2 Å². The summed E-state index contributed by atoms with van der Waals surface area (Å²) in [4.78, 5) is 0. The molecule has 1 rings (SSSR count). The second-order valence-corrected chi connectivity index (χ2v) is 3.14. The van der Waals surface area contributed by atoms with Crippen LogP contribution in [0.2, 0.25) is 0 Å². The van der Waals surface area contributed by atoms with Gasteiger partial charge in [0.15, 0.2) is 0 Å². The first-order valence-corrected chi connectivity index (χ1v) is 4.57. The normalized spacial score (nSPS) is 12.6. The quantitative estimate of drug-likeness (QED) is 0.725. The van der Waals surface area contributed by atoms with Gasteiger partial charge in [-0.2, -0.15) is 26.3 Å². The average molecular weight is 258 g/mol. The molecule has 0 fully saturated rings. The molecule has 0 radical (unpaired) electrons. The fourth-order valence-electron chi connectivity index (χ4n) is 1.21. The third kappa shape index (κ3) is 3.28. The van der Waals surface area contributed by atoms with Gasteiger partial charge in [0.2, 0.25) is 0 Å². The van der Waals surface area contributed by atoms with E-state index in [2.05, 4.69) is 4.74 Å². The maximum absolute atomic E-state index is 12.4. The summed E-state index contributed by atoms with van der Waals surface area (Å²) in [5, 5.41) is 0. The zero-order chi connectivity index (χ0) is 13.3. The first-order valence-electron chi connectivity index (χ1n) is 4.57. The van der Waals surface area contributed by atoms with Crippen molar-refractivity contribution in [2.75, 3.05) is 6.61 Å². The minimum Gasteiger partial charge on any atom is -0.493 e. The Morgan fingerprint density at radius 3 is 2.00 bits per heavy atom. The van der Waals surface area contributed by atoms with Crippen LogP contribution in [-0.2, 0) is 12.4 Å². The lowest BCUT2D eigenvalue weighted by Crippen LogP contribution is -2.11. The number of benzene rings is 1. The zero-order valence-electron chi connectivity index (χ0n) is 8.62. The van der Waals surface area contributed by atoms with Gasteiger partial charge in [0.1, 0.15) is 5.75 Å². The summed E-state index contributed by atoms with van der Waals surface area (Å²) >= 11 is 0. The lowest BCUT2D eigenvalue weighted by molar-refractivity contribution is -0.142. The van der Waals surface area contributed by atoms with Gasteiger partial charge >= 0.3 is 12.4 Å². The number of halogens is 6. The van der Waals surface area contributed by atoms with Crippen molar-refractivity contribution in [1.29, 1.82) is 0 Å². The van der Waals surface area contributed by atoms with E-state index in [0.717, 1.165) is 0 Å². The SMILES string of the molecule is CCOc1cc(C(F)(F)F)ccc1C(F)(F)F. The van der Waals surface area contributed by atoms with Gasteiger partial charge < -0.3 is 4.74 Å². The van der Waals surface area contributed by atoms with Crippen LogP contribution in [-0.4, -0.2) is 6.61 Å². The lowest BCUT2D eigenvalue weighted by Gasteiger charge is -2.15. The van der Waals surface area contributed by atoms with Crippen molar-refractivity contribution in [3.63, 3.8) is 0 Å². The molecule has 0 aromatic heterocycles. The maximum Gasteiger partial charge on any atom is 0.419 e. The third-order valence-corrected chi connectivity index (χ3v) is 1.91. The van der Waals surface area contributed by atoms with Crippen LogP contribution in [0.5, 0.6) is 5.75 Å². The molecule has 0 saturated carbocycles. The minimum absolute atomic E-state index is 0.148. The molecule has 0 aliphatic carbocycles. The summed E-state index contributed by atoms with van der Waals surface area (Å²) < 4.78 is 78.8. The van der Waals surface area contributed by atoms with Gasteiger partial charge in [-0.1, -0.05) is 0 Å². The molecule has 1 aromatic carbocycles. The molecule has 0 aliphatic rings. The van der Waals surface area contributed by atoms with E-state index in [1.54, 1.807) is 0 Å². The Bertz CT molecular complexity index is 393. The summed E-state index contributed by atoms with van der Waals surface area (Å²) in [7, 11) is 0. The van der Waals surface area contributed by atoms with E-state index in [0.29, 0.717) is 18.2 Å². The molecular weight excluding hydrogens is 250 g/mol. The van der Waals surface area contributed by atoms with E-state index in [4.69, 9.17) is 0 Å². The van der Waals surface area contributed by atoms with Crippen molar-refractivity contribution in [3.8, 4) is 5.75 Å². The first kappa shape index (κ1) is 13.7. The van der Waals surface area contributed by atoms with Gasteiger partial charge in [-0.15, -0.1) is 0 Å². The number of alkyl halides is 6. The van der Waals surface area contributed by atoms with Crippen LogP contribution in [0.3, 0.4) is 0 Å². The highest BCUT2D eigenvalue weighted by Crippen LogP contribution is 2.39. The van der Waals surface area contributed by atoms with E-state index in [1.807, 2.05) is 0 Å². The summed E-state index contributed by atoms with van der Waals surface area (Å²) in [6, 6.07) is 1.10. The highest BCUT2D eigenvalue weighted by Gasteiger charge is 2.37. The molecule has 1 aromatic rings. The summed E-state index contributed by atoms with van der Waals surface area (Å²) in [5.41, 5.74) is -2.39. The smallest absolute Gasteiger partial charge is 0.419 e. The van der Waals surface area contributed by atoms with E-state index >= 15 is 0 Å². The van der Waals surface area contributed by atoms with Crippen molar-refractivity contribution in [1.82, 2.24) is 0 Å². The van der Waals surface area contributed by atoms with E-state index in [-0.39, 0.29) is 6.61 Å². The topological polar surface area (TPSA) is 9.23 Å². The number of hydrogen-bond donors (Lipinski definition) is 0. The minimum atomic E-state index is -4.74. The van der Waals surface area contributed by atoms with E-state index in [1.165, 1.54) is 6.92 Å². The van der Waals surface area contributed by atoms with Gasteiger partial charge in [0.25, 0.3) is 0 Å². The number of rotatable bonds is 2. The Kier molecular flexibility index (Phi) is 3.59. The molecule has 0 atom stereocenters. The molecule has 96 valence electrons.